The number of hydrogen-bond acceptors (Lipinski definition) is 7. The lowest BCUT2D eigenvalue weighted by molar-refractivity contribution is -0.139. The molecule has 1 N–H and O–H groups in total. The molecule has 3 rings (SSSR count). The largest absolute Gasteiger partial charge is 0.495 e. The zero-order valence-electron chi connectivity index (χ0n) is 17.0. The van der Waals surface area contributed by atoms with Crippen LogP contribution >= 0.6 is 11.8 Å². The van der Waals surface area contributed by atoms with Crippen molar-refractivity contribution in [2.24, 2.45) is 0 Å². The van der Waals surface area contributed by atoms with Gasteiger partial charge >= 0.3 is 5.97 Å². The molecule has 0 saturated heterocycles. The zero-order chi connectivity index (χ0) is 22.2. The van der Waals surface area contributed by atoms with Gasteiger partial charge in [-0.2, -0.15) is 0 Å². The minimum absolute atomic E-state index is 0.0157. The highest BCUT2D eigenvalue weighted by Gasteiger charge is 2.20. The third-order valence-corrected chi connectivity index (χ3v) is 5.08. The Kier molecular flexibility index (Phi) is 7.60. The summed E-state index contributed by atoms with van der Waals surface area (Å²) in [5, 5.41) is 11.4. The number of nitrogens with one attached hydrogen (secondary N) is 1. The first-order chi connectivity index (χ1) is 15.0. The Balaban J connectivity index is 1.88. The molecule has 0 aliphatic rings. The number of methoxy groups -OCH3 is 1. The first-order valence-corrected chi connectivity index (χ1v) is 10.4. The van der Waals surface area contributed by atoms with Gasteiger partial charge in [0.2, 0.25) is 0 Å². The summed E-state index contributed by atoms with van der Waals surface area (Å²) in [6.07, 6.45) is 0. The Morgan fingerprint density at radius 1 is 1.13 bits per heavy atom. The van der Waals surface area contributed by atoms with Crippen molar-refractivity contribution in [2.45, 2.75) is 18.6 Å². The molecule has 0 bridgehead atoms. The van der Waals surface area contributed by atoms with Gasteiger partial charge in [0.25, 0.3) is 5.91 Å². The lowest BCUT2D eigenvalue weighted by Crippen LogP contribution is -2.25. The van der Waals surface area contributed by atoms with Crippen molar-refractivity contribution >= 4 is 23.6 Å². The standard InChI is InChI=1S/C21H21FN4O4S/c1-3-30-19(27)13-31-21-25-24-18(26(21)16-10-6-7-11-17(16)29-2)12-23-20(28)14-8-4-5-9-15(14)22/h4-11H,3,12-13H2,1-2H3,(H,23,28). The molecular formula is C21H21FN4O4S. The van der Waals surface area contributed by atoms with Gasteiger partial charge in [0.1, 0.15) is 11.6 Å². The third-order valence-electron chi connectivity index (χ3n) is 4.18. The van der Waals surface area contributed by atoms with Crippen LogP contribution in [-0.4, -0.2) is 46.1 Å². The number of benzene rings is 2. The first kappa shape index (κ1) is 22.3. The average molecular weight is 444 g/mol. The number of halogens is 1. The molecule has 8 nitrogen and oxygen atoms in total. The van der Waals surface area contributed by atoms with Gasteiger partial charge < -0.3 is 14.8 Å². The summed E-state index contributed by atoms with van der Waals surface area (Å²) in [6, 6.07) is 12.9. The normalized spacial score (nSPS) is 10.5. The van der Waals surface area contributed by atoms with E-state index >= 15 is 0 Å². The van der Waals surface area contributed by atoms with Crippen molar-refractivity contribution in [1.82, 2.24) is 20.1 Å². The van der Waals surface area contributed by atoms with Gasteiger partial charge in [0.15, 0.2) is 11.0 Å². The first-order valence-electron chi connectivity index (χ1n) is 9.44. The fourth-order valence-electron chi connectivity index (χ4n) is 2.79. The van der Waals surface area contributed by atoms with Crippen LogP contribution < -0.4 is 10.1 Å². The van der Waals surface area contributed by atoms with Crippen LogP contribution in [-0.2, 0) is 16.1 Å². The number of thioether (sulfide) groups is 1. The number of carbonyl (C=O) groups is 2. The number of amides is 1. The summed E-state index contributed by atoms with van der Waals surface area (Å²) in [5.74, 6) is -0.577. The highest BCUT2D eigenvalue weighted by molar-refractivity contribution is 7.99. The van der Waals surface area contributed by atoms with E-state index in [1.165, 1.54) is 25.3 Å². The van der Waals surface area contributed by atoms with Crippen LogP contribution in [0.3, 0.4) is 0 Å². The van der Waals surface area contributed by atoms with Crippen molar-refractivity contribution in [3.05, 3.63) is 65.7 Å². The van der Waals surface area contributed by atoms with E-state index in [1.54, 1.807) is 29.7 Å². The molecule has 0 aliphatic heterocycles. The molecule has 1 heterocycles. The number of para-hydroxylation sites is 2. The van der Waals surface area contributed by atoms with Gasteiger partial charge in [0.05, 0.1) is 37.3 Å². The second-order valence-electron chi connectivity index (χ2n) is 6.16. The van der Waals surface area contributed by atoms with Crippen LogP contribution in [0.1, 0.15) is 23.1 Å². The molecule has 0 radical (unpaired) electrons. The van der Waals surface area contributed by atoms with Crippen molar-refractivity contribution in [3.63, 3.8) is 0 Å². The molecule has 31 heavy (non-hydrogen) atoms. The fourth-order valence-corrected chi connectivity index (χ4v) is 3.55. The molecule has 162 valence electrons. The molecule has 10 heteroatoms. The molecule has 0 spiro atoms. The van der Waals surface area contributed by atoms with Crippen molar-refractivity contribution in [2.75, 3.05) is 19.5 Å². The maximum atomic E-state index is 13.9. The Morgan fingerprint density at radius 3 is 2.61 bits per heavy atom. The van der Waals surface area contributed by atoms with Gasteiger partial charge in [-0.05, 0) is 31.2 Å². The molecule has 0 unspecified atom stereocenters. The number of ether oxygens (including phenoxy) is 2. The van der Waals surface area contributed by atoms with E-state index in [1.807, 2.05) is 12.1 Å². The number of nitrogens with zero attached hydrogens (tertiary/aromatic N) is 3. The summed E-state index contributed by atoms with van der Waals surface area (Å²) >= 11 is 1.15. The molecule has 0 saturated carbocycles. The van der Waals surface area contributed by atoms with Gasteiger partial charge in [-0.15, -0.1) is 10.2 Å². The molecule has 0 aliphatic carbocycles. The van der Waals surface area contributed by atoms with Crippen LogP contribution in [0.15, 0.2) is 53.7 Å². The third kappa shape index (κ3) is 5.40. The fraction of sp³-hybridized carbons (Fsp3) is 0.238. The second kappa shape index (κ2) is 10.6. The topological polar surface area (TPSA) is 95.3 Å². The summed E-state index contributed by atoms with van der Waals surface area (Å²) in [4.78, 5) is 24.2. The Bertz CT molecular complexity index is 1070. The average Bonchev–Trinajstić information content (AvgIpc) is 3.19. The molecule has 3 aromatic rings. The van der Waals surface area contributed by atoms with Gasteiger partial charge in [-0.25, -0.2) is 4.39 Å². The van der Waals surface area contributed by atoms with E-state index in [2.05, 4.69) is 15.5 Å². The molecule has 2 aromatic carbocycles. The van der Waals surface area contributed by atoms with Gasteiger partial charge in [-0.3, -0.25) is 14.2 Å². The summed E-state index contributed by atoms with van der Waals surface area (Å²) in [7, 11) is 1.54. The summed E-state index contributed by atoms with van der Waals surface area (Å²) in [6.45, 7) is 2.00. The zero-order valence-corrected chi connectivity index (χ0v) is 17.8. The number of hydrogen-bond donors (Lipinski definition) is 1. The highest BCUT2D eigenvalue weighted by Crippen LogP contribution is 2.28. The van der Waals surface area contributed by atoms with E-state index in [4.69, 9.17) is 9.47 Å². The smallest absolute Gasteiger partial charge is 0.316 e. The predicted octanol–water partition coefficient (Wildman–Crippen LogP) is 3.00. The van der Waals surface area contributed by atoms with Crippen molar-refractivity contribution < 1.29 is 23.5 Å². The van der Waals surface area contributed by atoms with E-state index < -0.39 is 11.7 Å². The summed E-state index contributed by atoms with van der Waals surface area (Å²) < 4.78 is 26.0. The lowest BCUT2D eigenvalue weighted by atomic mass is 10.2. The maximum Gasteiger partial charge on any atom is 0.316 e. The van der Waals surface area contributed by atoms with Crippen LogP contribution in [0.2, 0.25) is 0 Å². The van der Waals surface area contributed by atoms with Crippen molar-refractivity contribution in [1.29, 1.82) is 0 Å². The van der Waals surface area contributed by atoms with E-state index in [9.17, 15) is 14.0 Å². The predicted molar refractivity (Wildman–Crippen MR) is 113 cm³/mol. The van der Waals surface area contributed by atoms with E-state index in [0.717, 1.165) is 11.8 Å². The number of esters is 1. The second-order valence-corrected chi connectivity index (χ2v) is 7.10. The maximum absolute atomic E-state index is 13.9. The molecular weight excluding hydrogens is 423 g/mol. The minimum Gasteiger partial charge on any atom is -0.495 e. The number of aromatic nitrogens is 3. The van der Waals surface area contributed by atoms with E-state index in [-0.39, 0.29) is 30.4 Å². The minimum atomic E-state index is -0.614. The quantitative estimate of drug-likeness (QED) is 0.400. The van der Waals surface area contributed by atoms with Crippen molar-refractivity contribution in [3.8, 4) is 11.4 Å². The van der Waals surface area contributed by atoms with Crippen LogP contribution in [0.25, 0.3) is 5.69 Å². The SMILES string of the molecule is CCOC(=O)CSc1nnc(CNC(=O)c2ccccc2F)n1-c1ccccc1OC. The van der Waals surface area contributed by atoms with E-state index in [0.29, 0.717) is 22.4 Å². The molecule has 0 atom stereocenters. The molecule has 1 aromatic heterocycles. The van der Waals surface area contributed by atoms with Crippen LogP contribution in [0, 0.1) is 5.82 Å². The van der Waals surface area contributed by atoms with Gasteiger partial charge in [-0.1, -0.05) is 36.0 Å². The molecule has 1 amide bonds. The van der Waals surface area contributed by atoms with Crippen LogP contribution in [0.4, 0.5) is 4.39 Å². The molecule has 0 fully saturated rings. The highest BCUT2D eigenvalue weighted by atomic mass is 32.2. The Hall–Kier alpha value is -3.40. The monoisotopic (exact) mass is 444 g/mol. The lowest BCUT2D eigenvalue weighted by Gasteiger charge is -2.14. The number of carbonyl (C=O) groups excluding carboxylic acids is 2. The Morgan fingerprint density at radius 2 is 1.87 bits per heavy atom. The number of rotatable bonds is 9. The summed E-state index contributed by atoms with van der Waals surface area (Å²) in [5.41, 5.74) is 0.569. The van der Waals surface area contributed by atoms with Gasteiger partial charge in [0, 0.05) is 0 Å². The van der Waals surface area contributed by atoms with Crippen LogP contribution in [0.5, 0.6) is 5.75 Å². The Labute approximate surface area is 182 Å².